The molecule has 2 bridgehead atoms. The third-order valence-electron chi connectivity index (χ3n) is 8.79. The summed E-state index contributed by atoms with van der Waals surface area (Å²) in [7, 11) is 0. The highest BCUT2D eigenvalue weighted by Gasteiger charge is 2.71. The van der Waals surface area contributed by atoms with E-state index >= 15 is 0 Å². The van der Waals surface area contributed by atoms with Crippen molar-refractivity contribution in [2.75, 3.05) is 6.61 Å². The van der Waals surface area contributed by atoms with Crippen LogP contribution in [0.3, 0.4) is 0 Å². The van der Waals surface area contributed by atoms with Gasteiger partial charge < -0.3 is 19.3 Å². The highest BCUT2D eigenvalue weighted by atomic mass is 16.6. The van der Waals surface area contributed by atoms with Crippen LogP contribution >= 0.6 is 0 Å². The second-order valence-corrected chi connectivity index (χ2v) is 10.8. The molecule has 188 valence electrons. The van der Waals surface area contributed by atoms with Crippen molar-refractivity contribution in [1.29, 1.82) is 0 Å². The normalized spacial score (nSPS) is 34.8. The van der Waals surface area contributed by atoms with Crippen molar-refractivity contribution in [3.63, 3.8) is 0 Å². The minimum atomic E-state index is -0.733. The minimum absolute atomic E-state index is 0.00844. The topological polar surface area (TPSA) is 82.1 Å². The Labute approximate surface area is 207 Å². The Balaban J connectivity index is 1.52. The predicted octanol–water partition coefficient (Wildman–Crippen LogP) is 4.75. The van der Waals surface area contributed by atoms with E-state index in [-0.39, 0.29) is 17.8 Å². The Kier molecular flexibility index (Phi) is 6.62. The molecule has 0 amide bonds. The molecule has 1 saturated carbocycles. The van der Waals surface area contributed by atoms with Crippen LogP contribution in [-0.2, 0) is 23.8 Å². The van der Waals surface area contributed by atoms with Crippen LogP contribution in [0.2, 0.25) is 0 Å². The van der Waals surface area contributed by atoms with Crippen LogP contribution in [0.1, 0.15) is 70.8 Å². The Morgan fingerprint density at radius 3 is 2.57 bits per heavy atom. The van der Waals surface area contributed by atoms with Gasteiger partial charge in [0, 0.05) is 18.4 Å². The maximum atomic E-state index is 13.2. The maximum absolute atomic E-state index is 13.2. The van der Waals surface area contributed by atoms with Gasteiger partial charge in [0.25, 0.3) is 0 Å². The summed E-state index contributed by atoms with van der Waals surface area (Å²) in [5.74, 6) is -0.797. The van der Waals surface area contributed by atoms with E-state index < -0.39 is 36.0 Å². The summed E-state index contributed by atoms with van der Waals surface area (Å²) in [6, 6.07) is 9.69. The van der Waals surface area contributed by atoms with Gasteiger partial charge in [0.15, 0.2) is 6.10 Å². The molecular formula is C29H36O6. The third-order valence-corrected chi connectivity index (χ3v) is 8.79. The van der Waals surface area contributed by atoms with Gasteiger partial charge in [-0.1, -0.05) is 55.2 Å². The van der Waals surface area contributed by atoms with Gasteiger partial charge in [-0.3, -0.25) is 0 Å². The number of carbonyl (C=O) groups excluding carboxylic acids is 2. The van der Waals surface area contributed by atoms with E-state index in [1.165, 1.54) is 18.1 Å². The predicted molar refractivity (Wildman–Crippen MR) is 131 cm³/mol. The molecule has 35 heavy (non-hydrogen) atoms. The molecule has 2 heterocycles. The first-order chi connectivity index (χ1) is 16.9. The molecule has 6 nitrogen and oxygen atoms in total. The van der Waals surface area contributed by atoms with Gasteiger partial charge in [-0.25, -0.2) is 9.59 Å². The number of carbonyl (C=O) groups is 2. The van der Waals surface area contributed by atoms with Crippen molar-refractivity contribution >= 4 is 18.0 Å². The third kappa shape index (κ3) is 4.25. The standard InChI is InChI=1S/C29H36O6/c1-19-13-15-22-26(19)27(34-24(31)16-14-20-9-5-3-6-10-20)29(21-11-7-4-8-12-21)17-23(28(22,2)35-29)33-25(32)18-30/h3,5-6,9-10,14,16,21-23,27,30H,4,7-8,11-13,15,17-18H2,1-2H3/t22-,23-,27+,28+,29-/m1/s1. The molecule has 6 heteroatoms. The lowest BCUT2D eigenvalue weighted by Gasteiger charge is -2.52. The number of hydrogen-bond acceptors (Lipinski definition) is 6. The molecule has 0 radical (unpaired) electrons. The zero-order valence-electron chi connectivity index (χ0n) is 20.7. The smallest absolute Gasteiger partial charge is 0.332 e. The van der Waals surface area contributed by atoms with Gasteiger partial charge in [-0.05, 0) is 62.7 Å². The fourth-order valence-corrected chi connectivity index (χ4v) is 7.15. The van der Waals surface area contributed by atoms with E-state index in [0.717, 1.165) is 49.7 Å². The first kappa shape index (κ1) is 24.3. The van der Waals surface area contributed by atoms with E-state index in [9.17, 15) is 14.7 Å². The van der Waals surface area contributed by atoms with E-state index in [2.05, 4.69) is 6.92 Å². The molecule has 4 aliphatic rings. The van der Waals surface area contributed by atoms with Gasteiger partial charge in [-0.2, -0.15) is 0 Å². The Morgan fingerprint density at radius 1 is 1.11 bits per heavy atom. The number of hydrogen-bond donors (Lipinski definition) is 1. The summed E-state index contributed by atoms with van der Waals surface area (Å²) < 4.78 is 19.1. The van der Waals surface area contributed by atoms with Crippen LogP contribution in [0, 0.1) is 11.8 Å². The molecule has 0 unspecified atom stereocenters. The highest BCUT2D eigenvalue weighted by molar-refractivity contribution is 5.87. The van der Waals surface area contributed by atoms with Gasteiger partial charge in [0.05, 0.1) is 0 Å². The van der Waals surface area contributed by atoms with Crippen molar-refractivity contribution in [2.24, 2.45) is 11.8 Å². The second-order valence-electron chi connectivity index (χ2n) is 10.8. The maximum Gasteiger partial charge on any atom is 0.332 e. The number of aliphatic hydroxyl groups excluding tert-OH is 1. The van der Waals surface area contributed by atoms with E-state index in [1.807, 2.05) is 37.3 Å². The molecule has 5 atom stereocenters. The number of esters is 2. The molecule has 5 rings (SSSR count). The summed E-state index contributed by atoms with van der Waals surface area (Å²) in [6.07, 6.45) is 9.97. The zero-order valence-corrected chi connectivity index (χ0v) is 20.7. The van der Waals surface area contributed by atoms with Crippen LogP contribution in [-0.4, -0.2) is 47.1 Å². The number of allylic oxidation sites excluding steroid dienone is 1. The monoisotopic (exact) mass is 480 g/mol. The lowest BCUT2D eigenvalue weighted by Crippen LogP contribution is -2.59. The van der Waals surface area contributed by atoms with Gasteiger partial charge in [0.2, 0.25) is 0 Å². The zero-order chi connectivity index (χ0) is 24.6. The minimum Gasteiger partial charge on any atom is -0.457 e. The first-order valence-electron chi connectivity index (χ1n) is 13.0. The van der Waals surface area contributed by atoms with E-state index in [4.69, 9.17) is 14.2 Å². The molecule has 1 aromatic carbocycles. The largest absolute Gasteiger partial charge is 0.457 e. The molecule has 3 fully saturated rings. The lowest BCUT2D eigenvalue weighted by atomic mass is 9.69. The Morgan fingerprint density at radius 2 is 1.86 bits per heavy atom. The Hall–Kier alpha value is -2.44. The number of aliphatic hydroxyl groups is 1. The average Bonchev–Trinajstić information content (AvgIpc) is 3.39. The summed E-state index contributed by atoms with van der Waals surface area (Å²) >= 11 is 0. The number of fused-ring (bicyclic) bond motifs is 4. The van der Waals surface area contributed by atoms with Gasteiger partial charge in [-0.15, -0.1) is 0 Å². The summed E-state index contributed by atoms with van der Waals surface area (Å²) in [6.45, 7) is 3.52. The van der Waals surface area contributed by atoms with Crippen LogP contribution < -0.4 is 0 Å². The highest BCUT2D eigenvalue weighted by Crippen LogP contribution is 2.63. The van der Waals surface area contributed by atoms with E-state index in [0.29, 0.717) is 6.42 Å². The van der Waals surface area contributed by atoms with Crippen LogP contribution in [0.4, 0.5) is 0 Å². The fourth-order valence-electron chi connectivity index (χ4n) is 7.15. The number of rotatable bonds is 6. The molecular weight excluding hydrogens is 444 g/mol. The molecule has 2 aliphatic carbocycles. The number of ether oxygens (including phenoxy) is 3. The van der Waals surface area contributed by atoms with Gasteiger partial charge >= 0.3 is 11.9 Å². The lowest BCUT2D eigenvalue weighted by molar-refractivity contribution is -0.229. The molecule has 2 aliphatic heterocycles. The van der Waals surface area contributed by atoms with Crippen molar-refractivity contribution in [3.8, 4) is 0 Å². The first-order valence-corrected chi connectivity index (χ1v) is 13.0. The molecule has 1 N–H and O–H groups in total. The number of benzene rings is 1. The Bertz CT molecular complexity index is 1020. The summed E-state index contributed by atoms with van der Waals surface area (Å²) in [5.41, 5.74) is 1.92. The quantitative estimate of drug-likeness (QED) is 0.359. The van der Waals surface area contributed by atoms with Crippen LogP contribution in [0.5, 0.6) is 0 Å². The average molecular weight is 481 g/mol. The summed E-state index contributed by atoms with van der Waals surface area (Å²) in [4.78, 5) is 25.3. The second kappa shape index (κ2) is 9.55. The molecule has 2 saturated heterocycles. The fraction of sp³-hybridized carbons (Fsp3) is 0.586. The molecule has 0 aromatic heterocycles. The SMILES string of the molecule is CC1=C2[C@@H](CC1)[C@]1(C)O[C@@](C3CCCCC3)(C[C@H]1OC(=O)CO)[C@H]2OC(=O)C=Cc1ccccc1. The van der Waals surface area contributed by atoms with Crippen molar-refractivity contribution < 1.29 is 28.9 Å². The molecule has 0 spiro atoms. The molecule has 1 aromatic rings. The van der Waals surface area contributed by atoms with Crippen LogP contribution in [0.25, 0.3) is 6.08 Å². The van der Waals surface area contributed by atoms with Gasteiger partial charge in [0.1, 0.15) is 23.9 Å². The van der Waals surface area contributed by atoms with E-state index in [1.54, 1.807) is 6.08 Å². The van der Waals surface area contributed by atoms with Crippen LogP contribution in [0.15, 0.2) is 47.6 Å². The van der Waals surface area contributed by atoms with Crippen molar-refractivity contribution in [1.82, 2.24) is 0 Å². The summed E-state index contributed by atoms with van der Waals surface area (Å²) in [5, 5.41) is 9.38. The van der Waals surface area contributed by atoms with Crippen molar-refractivity contribution in [3.05, 3.63) is 53.1 Å². The van der Waals surface area contributed by atoms with Crippen molar-refractivity contribution in [2.45, 2.75) is 88.6 Å².